The van der Waals surface area contributed by atoms with Gasteiger partial charge in [0.15, 0.2) is 9.84 Å². The lowest BCUT2D eigenvalue weighted by Gasteiger charge is -2.48. The van der Waals surface area contributed by atoms with Crippen molar-refractivity contribution < 1.29 is 26.4 Å². The summed E-state index contributed by atoms with van der Waals surface area (Å²) in [5.41, 5.74) is -1.01. The Kier molecular flexibility index (Phi) is 6.09. The summed E-state index contributed by atoms with van der Waals surface area (Å²) in [5, 5.41) is 2.61. The third-order valence-corrected chi connectivity index (χ3v) is 8.97. The highest BCUT2D eigenvalue weighted by atomic mass is 35.5. The molecule has 3 saturated carbocycles. The van der Waals surface area contributed by atoms with Crippen LogP contribution in [0.25, 0.3) is 0 Å². The summed E-state index contributed by atoms with van der Waals surface area (Å²) in [6.45, 7) is 0.388. The number of halogens is 4. The van der Waals surface area contributed by atoms with Gasteiger partial charge in [0.1, 0.15) is 0 Å². The van der Waals surface area contributed by atoms with Crippen LogP contribution < -0.4 is 5.32 Å². The molecule has 4 rings (SSSR count). The van der Waals surface area contributed by atoms with Gasteiger partial charge >= 0.3 is 6.18 Å². The second-order valence-electron chi connectivity index (χ2n) is 9.82. The van der Waals surface area contributed by atoms with Crippen LogP contribution in [0.15, 0.2) is 18.2 Å². The number of nitrogens with one attached hydrogen (secondary N) is 1. The lowest BCUT2D eigenvalue weighted by atomic mass is 9.60. The van der Waals surface area contributed by atoms with Gasteiger partial charge in [-0.1, -0.05) is 24.4 Å². The molecule has 172 valence electrons. The van der Waals surface area contributed by atoms with Gasteiger partial charge in [0.2, 0.25) is 0 Å². The summed E-state index contributed by atoms with van der Waals surface area (Å²) in [4.78, 5) is 12.6. The van der Waals surface area contributed by atoms with Gasteiger partial charge < -0.3 is 5.32 Å². The fraction of sp³-hybridized carbons (Fsp3) is 0.682. The molecule has 9 heteroatoms. The molecule has 0 bridgehead atoms. The highest BCUT2D eigenvalue weighted by Gasteiger charge is 2.48. The van der Waals surface area contributed by atoms with Gasteiger partial charge in [0.05, 0.1) is 27.7 Å². The van der Waals surface area contributed by atoms with Crippen LogP contribution in [0.5, 0.6) is 0 Å². The number of rotatable bonds is 9. The molecule has 0 aromatic heterocycles. The molecule has 4 nitrogen and oxygen atoms in total. The minimum Gasteiger partial charge on any atom is -0.351 e. The van der Waals surface area contributed by atoms with E-state index in [2.05, 4.69) is 5.32 Å². The van der Waals surface area contributed by atoms with Crippen LogP contribution in [0.4, 0.5) is 13.2 Å². The molecule has 0 heterocycles. The van der Waals surface area contributed by atoms with E-state index in [1.165, 1.54) is 0 Å². The van der Waals surface area contributed by atoms with E-state index < -0.39 is 27.5 Å². The summed E-state index contributed by atoms with van der Waals surface area (Å²) >= 11 is 5.94. The van der Waals surface area contributed by atoms with Crippen molar-refractivity contribution in [3.05, 3.63) is 34.3 Å². The molecule has 0 atom stereocenters. The van der Waals surface area contributed by atoms with Gasteiger partial charge in [0, 0.05) is 6.54 Å². The average molecular weight is 478 g/mol. The molecule has 3 aliphatic rings. The standard InChI is InChI=1S/C22H27ClF3NO3S/c23-19-7-17(22(24,25)26)5-6-18(19)20(28)27-13-21(8-14-1-2-14)9-16(10-21)12-31(29,30)11-15-3-4-15/h5-7,14-16H,1-4,8-13H2,(H,27,28)/t16-,21-. The Morgan fingerprint density at radius 3 is 2.23 bits per heavy atom. The lowest BCUT2D eigenvalue weighted by Crippen LogP contribution is -2.48. The van der Waals surface area contributed by atoms with Crippen molar-refractivity contribution in [1.82, 2.24) is 5.32 Å². The SMILES string of the molecule is O=C(NC[C@]1(CC2CC2)C[C@@H](CS(=O)(=O)CC2CC2)C1)c1ccc(C(F)(F)F)cc1Cl. The second kappa shape index (κ2) is 8.25. The summed E-state index contributed by atoms with van der Waals surface area (Å²) < 4.78 is 63.1. The largest absolute Gasteiger partial charge is 0.416 e. The van der Waals surface area contributed by atoms with E-state index >= 15 is 0 Å². The van der Waals surface area contributed by atoms with Crippen LogP contribution in [0.1, 0.15) is 60.9 Å². The third kappa shape index (κ3) is 5.95. The Morgan fingerprint density at radius 1 is 1.06 bits per heavy atom. The van der Waals surface area contributed by atoms with Crippen LogP contribution >= 0.6 is 11.6 Å². The number of benzene rings is 1. The Bertz CT molecular complexity index is 949. The first kappa shape index (κ1) is 22.9. The Labute approximate surface area is 185 Å². The quantitative estimate of drug-likeness (QED) is 0.537. The van der Waals surface area contributed by atoms with Gasteiger partial charge in [0.25, 0.3) is 5.91 Å². The molecule has 0 saturated heterocycles. The second-order valence-corrected chi connectivity index (χ2v) is 12.4. The van der Waals surface area contributed by atoms with E-state index in [-0.39, 0.29) is 27.7 Å². The number of alkyl halides is 3. The van der Waals surface area contributed by atoms with Crippen LogP contribution in [-0.4, -0.2) is 32.4 Å². The smallest absolute Gasteiger partial charge is 0.351 e. The molecular formula is C22H27ClF3NO3S. The topological polar surface area (TPSA) is 63.2 Å². The van der Waals surface area contributed by atoms with Crippen LogP contribution in [-0.2, 0) is 16.0 Å². The first-order chi connectivity index (χ1) is 14.4. The maximum absolute atomic E-state index is 12.8. The van der Waals surface area contributed by atoms with Gasteiger partial charge in [-0.25, -0.2) is 8.42 Å². The zero-order valence-corrected chi connectivity index (χ0v) is 18.8. The Hall–Kier alpha value is -1.28. The fourth-order valence-electron chi connectivity index (χ4n) is 4.91. The van der Waals surface area contributed by atoms with Crippen molar-refractivity contribution in [1.29, 1.82) is 0 Å². The summed E-state index contributed by atoms with van der Waals surface area (Å²) in [5.74, 6) is 1.09. The zero-order chi connectivity index (χ0) is 22.4. The van der Waals surface area contributed by atoms with Crippen molar-refractivity contribution in [2.75, 3.05) is 18.1 Å². The van der Waals surface area contributed by atoms with Gasteiger partial charge in [-0.15, -0.1) is 0 Å². The average Bonchev–Trinajstić information content (AvgIpc) is 3.54. The highest BCUT2D eigenvalue weighted by molar-refractivity contribution is 7.91. The number of hydrogen-bond acceptors (Lipinski definition) is 3. The molecular weight excluding hydrogens is 451 g/mol. The first-order valence-electron chi connectivity index (χ1n) is 10.8. The van der Waals surface area contributed by atoms with Crippen molar-refractivity contribution in [2.24, 2.45) is 23.2 Å². The molecule has 1 aromatic rings. The molecule has 31 heavy (non-hydrogen) atoms. The summed E-state index contributed by atoms with van der Waals surface area (Å²) in [7, 11) is -3.03. The predicted molar refractivity (Wildman–Crippen MR) is 113 cm³/mol. The summed E-state index contributed by atoms with van der Waals surface area (Å²) in [6.07, 6.45) is 2.28. The Balaban J connectivity index is 1.35. The van der Waals surface area contributed by atoms with Crippen LogP contribution in [0.3, 0.4) is 0 Å². The van der Waals surface area contributed by atoms with E-state index in [1.807, 2.05) is 0 Å². The van der Waals surface area contributed by atoms with E-state index in [9.17, 15) is 26.4 Å². The highest BCUT2D eigenvalue weighted by Crippen LogP contribution is 2.54. The molecule has 0 unspecified atom stereocenters. The number of sulfone groups is 1. The third-order valence-electron chi connectivity index (χ3n) is 6.70. The minimum atomic E-state index is -4.52. The molecule has 0 spiro atoms. The molecule has 1 N–H and O–H groups in total. The van der Waals surface area contributed by atoms with Crippen molar-refractivity contribution in [3.8, 4) is 0 Å². The minimum absolute atomic E-state index is 0.0131. The normalized spacial score (nSPS) is 26.4. The van der Waals surface area contributed by atoms with Crippen molar-refractivity contribution in [3.63, 3.8) is 0 Å². The van der Waals surface area contributed by atoms with Crippen LogP contribution in [0.2, 0.25) is 5.02 Å². The predicted octanol–water partition coefficient (Wildman–Crippen LogP) is 5.11. The first-order valence-corrected chi connectivity index (χ1v) is 13.0. The molecule has 1 amide bonds. The number of carbonyl (C=O) groups excluding carboxylic acids is 1. The molecule has 3 aliphatic carbocycles. The monoisotopic (exact) mass is 477 g/mol. The van der Waals surface area contributed by atoms with Crippen molar-refractivity contribution in [2.45, 2.75) is 51.1 Å². The van der Waals surface area contributed by atoms with Gasteiger partial charge in [-0.2, -0.15) is 13.2 Å². The zero-order valence-electron chi connectivity index (χ0n) is 17.2. The molecule has 1 aromatic carbocycles. The van der Waals surface area contributed by atoms with E-state index in [0.29, 0.717) is 24.1 Å². The van der Waals surface area contributed by atoms with E-state index in [0.717, 1.165) is 63.1 Å². The van der Waals surface area contributed by atoms with E-state index in [4.69, 9.17) is 11.6 Å². The lowest BCUT2D eigenvalue weighted by molar-refractivity contribution is -0.137. The Morgan fingerprint density at radius 2 is 1.68 bits per heavy atom. The molecule has 0 radical (unpaired) electrons. The molecule has 3 fully saturated rings. The number of carbonyl (C=O) groups is 1. The maximum Gasteiger partial charge on any atom is 0.416 e. The van der Waals surface area contributed by atoms with E-state index in [1.54, 1.807) is 0 Å². The van der Waals surface area contributed by atoms with Gasteiger partial charge in [-0.05, 0) is 73.5 Å². The maximum atomic E-state index is 12.8. The van der Waals surface area contributed by atoms with Crippen LogP contribution in [0, 0.1) is 23.2 Å². The fourth-order valence-corrected chi connectivity index (χ4v) is 7.32. The van der Waals surface area contributed by atoms with Crippen molar-refractivity contribution >= 4 is 27.3 Å². The molecule has 0 aliphatic heterocycles. The number of hydrogen-bond donors (Lipinski definition) is 1. The summed E-state index contributed by atoms with van der Waals surface area (Å²) in [6, 6.07) is 2.72. The van der Waals surface area contributed by atoms with Gasteiger partial charge in [-0.3, -0.25) is 4.79 Å². The number of amides is 1.